The number of carbonyl (C=O) groups is 2. The molecule has 1 atom stereocenters. The molecule has 0 aliphatic carbocycles. The third-order valence-electron chi connectivity index (χ3n) is 3.51. The highest BCUT2D eigenvalue weighted by Gasteiger charge is 2.26. The molecule has 128 valence electrons. The summed E-state index contributed by atoms with van der Waals surface area (Å²) in [6, 6.07) is 12.3. The highest BCUT2D eigenvalue weighted by atomic mass is 32.2. The number of aliphatic imine (C=N–C) groups is 1. The van der Waals surface area contributed by atoms with Gasteiger partial charge in [0.05, 0.1) is 0 Å². The van der Waals surface area contributed by atoms with E-state index in [2.05, 4.69) is 15.6 Å². The van der Waals surface area contributed by atoms with E-state index in [0.29, 0.717) is 27.7 Å². The van der Waals surface area contributed by atoms with Crippen LogP contribution >= 0.6 is 11.8 Å². The van der Waals surface area contributed by atoms with E-state index in [-0.39, 0.29) is 11.7 Å². The van der Waals surface area contributed by atoms with Crippen molar-refractivity contribution in [2.24, 2.45) is 10.7 Å². The second-order valence-electron chi connectivity index (χ2n) is 5.33. The minimum atomic E-state index is -0.647. The normalized spacial score (nSPS) is 16.2. The summed E-state index contributed by atoms with van der Waals surface area (Å²) in [5.41, 5.74) is 6.81. The van der Waals surface area contributed by atoms with Gasteiger partial charge in [-0.25, -0.2) is 4.79 Å². The molecule has 3 amide bonds. The van der Waals surface area contributed by atoms with Crippen molar-refractivity contribution in [3.05, 3.63) is 54.1 Å². The monoisotopic (exact) mass is 356 g/mol. The fourth-order valence-corrected chi connectivity index (χ4v) is 3.39. The molecular weight excluding hydrogens is 340 g/mol. The Balaban J connectivity index is 1.66. The van der Waals surface area contributed by atoms with Crippen molar-refractivity contribution in [2.75, 3.05) is 16.4 Å². The molecule has 0 saturated carbocycles. The number of nitrogens with one attached hydrogen (secondary N) is 2. The quantitative estimate of drug-likeness (QED) is 0.673. The number of thioether (sulfide) groups is 1. The summed E-state index contributed by atoms with van der Waals surface area (Å²) in [7, 11) is 0. The van der Waals surface area contributed by atoms with E-state index in [4.69, 9.17) is 5.73 Å². The maximum Gasteiger partial charge on any atom is 0.316 e. The van der Waals surface area contributed by atoms with Gasteiger partial charge in [0.15, 0.2) is 0 Å². The number of primary amides is 1. The van der Waals surface area contributed by atoms with E-state index in [1.54, 1.807) is 42.5 Å². The lowest BCUT2D eigenvalue weighted by Gasteiger charge is -2.09. The predicted molar refractivity (Wildman–Crippen MR) is 99.2 cm³/mol. The number of hydrogen-bond donors (Lipinski definition) is 4. The van der Waals surface area contributed by atoms with Gasteiger partial charge in [0.25, 0.3) is 0 Å². The Morgan fingerprint density at radius 1 is 1.08 bits per heavy atom. The molecule has 25 heavy (non-hydrogen) atoms. The van der Waals surface area contributed by atoms with E-state index in [1.807, 2.05) is 6.07 Å². The number of phenols is 1. The zero-order valence-electron chi connectivity index (χ0n) is 13.1. The number of urea groups is 1. The summed E-state index contributed by atoms with van der Waals surface area (Å²) in [4.78, 5) is 27.5. The molecule has 1 aliphatic rings. The molecule has 5 N–H and O–H groups in total. The summed E-state index contributed by atoms with van der Waals surface area (Å²) >= 11 is 1.43. The number of para-hydroxylation sites is 1. The zero-order valence-corrected chi connectivity index (χ0v) is 13.9. The van der Waals surface area contributed by atoms with Gasteiger partial charge in [0, 0.05) is 22.7 Å². The number of nitrogens with two attached hydrogens (primary N) is 1. The third kappa shape index (κ3) is 4.10. The van der Waals surface area contributed by atoms with Crippen molar-refractivity contribution < 1.29 is 14.7 Å². The van der Waals surface area contributed by atoms with Gasteiger partial charge in [-0.15, -0.1) is 11.8 Å². The molecule has 8 heteroatoms. The van der Waals surface area contributed by atoms with Crippen LogP contribution in [0.3, 0.4) is 0 Å². The third-order valence-corrected chi connectivity index (χ3v) is 4.59. The van der Waals surface area contributed by atoms with Gasteiger partial charge in [-0.3, -0.25) is 9.79 Å². The molecule has 1 unspecified atom stereocenters. The lowest BCUT2D eigenvalue weighted by molar-refractivity contribution is -0.116. The van der Waals surface area contributed by atoms with E-state index < -0.39 is 12.1 Å². The molecule has 0 fully saturated rings. The number of carbonyl (C=O) groups excluding carboxylic acids is 2. The molecule has 2 aromatic rings. The van der Waals surface area contributed by atoms with Gasteiger partial charge in [0.2, 0.25) is 5.91 Å². The van der Waals surface area contributed by atoms with Crippen LogP contribution in [0.4, 0.5) is 16.2 Å². The molecule has 1 heterocycles. The first kappa shape index (κ1) is 16.8. The highest BCUT2D eigenvalue weighted by Crippen LogP contribution is 2.29. The van der Waals surface area contributed by atoms with E-state index >= 15 is 0 Å². The number of rotatable bonds is 4. The lowest BCUT2D eigenvalue weighted by Crippen LogP contribution is -2.26. The second kappa shape index (κ2) is 7.27. The Hall–Kier alpha value is -3.00. The Morgan fingerprint density at radius 2 is 1.72 bits per heavy atom. The van der Waals surface area contributed by atoms with E-state index in [1.165, 1.54) is 11.8 Å². The molecule has 2 aromatic carbocycles. The van der Waals surface area contributed by atoms with Crippen molar-refractivity contribution in [2.45, 2.75) is 6.04 Å². The van der Waals surface area contributed by atoms with Crippen molar-refractivity contribution >= 4 is 40.1 Å². The van der Waals surface area contributed by atoms with Gasteiger partial charge >= 0.3 is 6.03 Å². The fourth-order valence-electron chi connectivity index (χ4n) is 2.31. The first-order valence-corrected chi connectivity index (χ1v) is 8.48. The number of phenolic OH excluding ortho intramolecular Hbond substituents is 1. The van der Waals surface area contributed by atoms with Crippen LogP contribution in [0, 0.1) is 0 Å². The van der Waals surface area contributed by atoms with E-state index in [0.717, 1.165) is 0 Å². The number of hydrogen-bond acceptors (Lipinski definition) is 5. The Bertz CT molecular complexity index is 836. The summed E-state index contributed by atoms with van der Waals surface area (Å²) < 4.78 is 0. The summed E-state index contributed by atoms with van der Waals surface area (Å²) in [5, 5.41) is 15.8. The molecule has 1 aliphatic heterocycles. The van der Waals surface area contributed by atoms with Crippen LogP contribution in [0.2, 0.25) is 0 Å². The summed E-state index contributed by atoms with van der Waals surface area (Å²) in [6.45, 7) is 0. The minimum Gasteiger partial charge on any atom is -0.507 e. The first-order valence-electron chi connectivity index (χ1n) is 7.49. The van der Waals surface area contributed by atoms with Gasteiger partial charge < -0.3 is 21.5 Å². The zero-order chi connectivity index (χ0) is 17.8. The first-order chi connectivity index (χ1) is 12.0. The topological polar surface area (TPSA) is 117 Å². The smallest absolute Gasteiger partial charge is 0.316 e. The van der Waals surface area contributed by atoms with Gasteiger partial charge in [-0.2, -0.15) is 0 Å². The van der Waals surface area contributed by atoms with Crippen molar-refractivity contribution in [3.8, 4) is 5.75 Å². The molecule has 7 nitrogen and oxygen atoms in total. The fraction of sp³-hybridized carbons (Fsp3) is 0.118. The average molecular weight is 356 g/mol. The Labute approximate surface area is 148 Å². The van der Waals surface area contributed by atoms with Crippen LogP contribution in [-0.4, -0.2) is 33.9 Å². The highest BCUT2D eigenvalue weighted by molar-refractivity contribution is 8.14. The van der Waals surface area contributed by atoms with Crippen LogP contribution in [0.1, 0.15) is 5.56 Å². The lowest BCUT2D eigenvalue weighted by atomic mass is 10.2. The van der Waals surface area contributed by atoms with Gasteiger partial charge in [0.1, 0.15) is 16.8 Å². The number of anilines is 2. The largest absolute Gasteiger partial charge is 0.507 e. The van der Waals surface area contributed by atoms with Crippen molar-refractivity contribution in [1.82, 2.24) is 0 Å². The Morgan fingerprint density at radius 3 is 2.36 bits per heavy atom. The van der Waals surface area contributed by atoms with Gasteiger partial charge in [-0.05, 0) is 36.4 Å². The van der Waals surface area contributed by atoms with Crippen LogP contribution in [0.15, 0.2) is 53.5 Å². The standard InChI is InChI=1S/C17H16N4O3S/c18-17(24)20-11-7-5-10(6-8-11)19-15(23)13-9-25-16(21-13)12-3-1-2-4-14(12)22/h1-8,13,22H,9H2,(H,19,23)(H3,18,20,24). The number of benzene rings is 2. The summed E-state index contributed by atoms with van der Waals surface area (Å²) in [5.74, 6) is 0.428. The number of amides is 3. The van der Waals surface area contributed by atoms with Crippen LogP contribution < -0.4 is 16.4 Å². The molecule has 0 radical (unpaired) electrons. The number of nitrogens with zero attached hydrogens (tertiary/aromatic N) is 1. The SMILES string of the molecule is NC(=O)Nc1ccc(NC(=O)C2CSC(c3ccccc3O)=N2)cc1. The average Bonchev–Trinajstić information content (AvgIpc) is 3.06. The maximum atomic E-state index is 12.4. The molecule has 0 saturated heterocycles. The maximum absolute atomic E-state index is 12.4. The predicted octanol–water partition coefficient (Wildman–Crippen LogP) is 2.38. The van der Waals surface area contributed by atoms with Crippen LogP contribution in [-0.2, 0) is 4.79 Å². The molecular formula is C17H16N4O3S. The number of aromatic hydroxyl groups is 1. The molecule has 3 rings (SSSR count). The van der Waals surface area contributed by atoms with E-state index in [9.17, 15) is 14.7 Å². The van der Waals surface area contributed by atoms with Crippen LogP contribution in [0.5, 0.6) is 5.75 Å². The minimum absolute atomic E-state index is 0.146. The van der Waals surface area contributed by atoms with Gasteiger partial charge in [-0.1, -0.05) is 12.1 Å². The van der Waals surface area contributed by atoms with Crippen molar-refractivity contribution in [3.63, 3.8) is 0 Å². The summed E-state index contributed by atoms with van der Waals surface area (Å²) in [6.07, 6.45) is 0. The molecule has 0 spiro atoms. The van der Waals surface area contributed by atoms with Crippen molar-refractivity contribution in [1.29, 1.82) is 0 Å². The van der Waals surface area contributed by atoms with Crippen LogP contribution in [0.25, 0.3) is 0 Å². The molecule has 0 aromatic heterocycles. The second-order valence-corrected chi connectivity index (χ2v) is 6.34. The molecule has 0 bridgehead atoms. The Kier molecular flexibility index (Phi) is 4.90.